The summed E-state index contributed by atoms with van der Waals surface area (Å²) < 4.78 is 5.30. The van der Waals surface area contributed by atoms with Crippen LogP contribution < -0.4 is 9.64 Å². The molecule has 0 saturated carbocycles. The van der Waals surface area contributed by atoms with Gasteiger partial charge in [0.15, 0.2) is 5.75 Å². The predicted octanol–water partition coefficient (Wildman–Crippen LogP) is 3.35. The zero-order valence-electron chi connectivity index (χ0n) is 18.5. The third-order valence-corrected chi connectivity index (χ3v) is 6.34. The lowest BCUT2D eigenvalue weighted by Gasteiger charge is -2.40. The molecular weight excluding hydrogens is 414 g/mol. The van der Waals surface area contributed by atoms with E-state index in [1.165, 1.54) is 11.1 Å². The van der Waals surface area contributed by atoms with Crippen LogP contribution in [0.4, 0.5) is 5.69 Å². The number of benzene rings is 3. The van der Waals surface area contributed by atoms with Crippen molar-refractivity contribution in [3.05, 3.63) is 96.1 Å². The Kier molecular flexibility index (Phi) is 6.09. The van der Waals surface area contributed by atoms with E-state index < -0.39 is 0 Å². The Hall–Kier alpha value is -3.64. The maximum absolute atomic E-state index is 13.1. The second kappa shape index (κ2) is 9.46. The van der Waals surface area contributed by atoms with Crippen molar-refractivity contribution in [2.45, 2.75) is 6.04 Å². The summed E-state index contributed by atoms with van der Waals surface area (Å²) in [7, 11) is 0. The first-order valence-electron chi connectivity index (χ1n) is 11.4. The minimum absolute atomic E-state index is 0.0372. The summed E-state index contributed by atoms with van der Waals surface area (Å²) in [6.45, 7) is 3.17. The molecule has 0 spiro atoms. The number of fused-ring (bicyclic) bond motifs is 1. The number of carbonyl (C=O) groups excluding carboxylic acids is 2. The van der Waals surface area contributed by atoms with Gasteiger partial charge in [0.2, 0.25) is 5.91 Å². The van der Waals surface area contributed by atoms with Crippen molar-refractivity contribution in [1.29, 1.82) is 0 Å². The Morgan fingerprint density at radius 3 is 2.00 bits per heavy atom. The molecule has 0 bridgehead atoms. The maximum Gasteiger partial charge on any atom is 0.331 e. The molecule has 2 heterocycles. The van der Waals surface area contributed by atoms with Gasteiger partial charge in [-0.15, -0.1) is 0 Å². The van der Waals surface area contributed by atoms with E-state index in [4.69, 9.17) is 4.74 Å². The highest BCUT2D eigenvalue weighted by atomic mass is 16.5. The summed E-state index contributed by atoms with van der Waals surface area (Å²) >= 11 is 0. The molecule has 1 fully saturated rings. The monoisotopic (exact) mass is 441 g/mol. The van der Waals surface area contributed by atoms with Gasteiger partial charge in [0, 0.05) is 26.2 Å². The van der Waals surface area contributed by atoms with Gasteiger partial charge in [0.25, 0.3) is 0 Å². The molecule has 0 atom stereocenters. The van der Waals surface area contributed by atoms with Gasteiger partial charge in [-0.1, -0.05) is 72.8 Å². The smallest absolute Gasteiger partial charge is 0.331 e. The van der Waals surface area contributed by atoms with E-state index in [1.54, 1.807) is 6.07 Å². The number of amides is 1. The number of esters is 1. The molecule has 0 aliphatic carbocycles. The van der Waals surface area contributed by atoms with E-state index in [9.17, 15) is 9.59 Å². The van der Waals surface area contributed by atoms with Crippen LogP contribution in [-0.4, -0.2) is 60.9 Å². The highest BCUT2D eigenvalue weighted by Crippen LogP contribution is 2.32. The van der Waals surface area contributed by atoms with E-state index in [-0.39, 0.29) is 31.0 Å². The second-order valence-electron chi connectivity index (χ2n) is 8.44. The Morgan fingerprint density at radius 1 is 0.788 bits per heavy atom. The zero-order valence-corrected chi connectivity index (χ0v) is 18.5. The van der Waals surface area contributed by atoms with Crippen LogP contribution >= 0.6 is 0 Å². The van der Waals surface area contributed by atoms with Crippen LogP contribution in [0.25, 0.3) is 0 Å². The number of ether oxygens (including phenoxy) is 1. The van der Waals surface area contributed by atoms with Crippen molar-refractivity contribution in [3.8, 4) is 5.75 Å². The molecular formula is C27H27N3O3. The van der Waals surface area contributed by atoms with Gasteiger partial charge in [0.05, 0.1) is 18.3 Å². The summed E-state index contributed by atoms with van der Waals surface area (Å²) in [5, 5.41) is 0. The molecule has 2 aliphatic heterocycles. The Balaban J connectivity index is 1.27. The lowest BCUT2D eigenvalue weighted by atomic mass is 9.96. The molecule has 0 unspecified atom stereocenters. The molecule has 2 aliphatic rings. The summed E-state index contributed by atoms with van der Waals surface area (Å²) in [6.07, 6.45) is 0. The van der Waals surface area contributed by atoms with E-state index in [0.29, 0.717) is 18.8 Å². The first-order chi connectivity index (χ1) is 16.2. The van der Waals surface area contributed by atoms with Crippen LogP contribution in [0.5, 0.6) is 5.75 Å². The van der Waals surface area contributed by atoms with Crippen molar-refractivity contribution in [3.63, 3.8) is 0 Å². The van der Waals surface area contributed by atoms with Gasteiger partial charge in [-0.2, -0.15) is 0 Å². The van der Waals surface area contributed by atoms with E-state index in [1.807, 2.05) is 40.1 Å². The number of anilines is 1. The summed E-state index contributed by atoms with van der Waals surface area (Å²) in [5.74, 6) is 0.218. The van der Waals surface area contributed by atoms with Gasteiger partial charge in [-0.25, -0.2) is 4.79 Å². The Morgan fingerprint density at radius 2 is 1.36 bits per heavy atom. The third kappa shape index (κ3) is 4.61. The predicted molar refractivity (Wildman–Crippen MR) is 127 cm³/mol. The van der Waals surface area contributed by atoms with Crippen LogP contribution in [0.3, 0.4) is 0 Å². The number of rotatable bonds is 5. The maximum atomic E-state index is 13.1. The minimum Gasteiger partial charge on any atom is -0.423 e. The Bertz CT molecular complexity index is 1070. The number of hydrogen-bond acceptors (Lipinski definition) is 5. The van der Waals surface area contributed by atoms with Crippen molar-refractivity contribution in [2.24, 2.45) is 0 Å². The van der Waals surface area contributed by atoms with Gasteiger partial charge in [-0.05, 0) is 23.3 Å². The number of para-hydroxylation sites is 2. The zero-order chi connectivity index (χ0) is 22.6. The minimum atomic E-state index is -0.333. The van der Waals surface area contributed by atoms with E-state index in [0.717, 1.165) is 18.8 Å². The topological polar surface area (TPSA) is 53.1 Å². The van der Waals surface area contributed by atoms with Crippen LogP contribution in [0, 0.1) is 0 Å². The first-order valence-corrected chi connectivity index (χ1v) is 11.4. The number of hydrogen-bond donors (Lipinski definition) is 0. The van der Waals surface area contributed by atoms with Gasteiger partial charge in [-0.3, -0.25) is 9.69 Å². The third-order valence-electron chi connectivity index (χ3n) is 6.34. The molecule has 33 heavy (non-hydrogen) atoms. The van der Waals surface area contributed by atoms with Gasteiger partial charge >= 0.3 is 5.97 Å². The fourth-order valence-electron chi connectivity index (χ4n) is 4.72. The number of piperazine rings is 1. The quantitative estimate of drug-likeness (QED) is 0.449. The van der Waals surface area contributed by atoms with Crippen LogP contribution in [-0.2, 0) is 9.59 Å². The number of carbonyl (C=O) groups is 2. The molecule has 6 heteroatoms. The standard InChI is InChI=1S/C27H27N3O3/c31-25(19-30-20-26(32)33-24-14-8-7-13-23(24)30)28-15-17-29(18-16-28)27(21-9-3-1-4-10-21)22-11-5-2-6-12-22/h1-14,27H,15-20H2. The van der Waals surface area contributed by atoms with Crippen molar-refractivity contribution < 1.29 is 14.3 Å². The van der Waals surface area contributed by atoms with Gasteiger partial charge < -0.3 is 14.5 Å². The lowest BCUT2D eigenvalue weighted by Crippen LogP contribution is -2.53. The molecule has 0 radical (unpaired) electrons. The van der Waals surface area contributed by atoms with Crippen molar-refractivity contribution >= 4 is 17.6 Å². The molecule has 6 nitrogen and oxygen atoms in total. The average Bonchev–Trinajstić information content (AvgIpc) is 2.86. The molecule has 5 rings (SSSR count). The van der Waals surface area contributed by atoms with Crippen LogP contribution in [0.1, 0.15) is 17.2 Å². The largest absolute Gasteiger partial charge is 0.423 e. The number of nitrogens with zero attached hydrogens (tertiary/aromatic N) is 3. The molecule has 0 N–H and O–H groups in total. The summed E-state index contributed by atoms with van der Waals surface area (Å²) in [5.41, 5.74) is 3.30. The van der Waals surface area contributed by atoms with E-state index in [2.05, 4.69) is 53.4 Å². The fourth-order valence-corrected chi connectivity index (χ4v) is 4.72. The molecule has 3 aromatic rings. The highest BCUT2D eigenvalue weighted by molar-refractivity contribution is 5.89. The molecule has 0 aromatic heterocycles. The molecule has 3 aromatic carbocycles. The van der Waals surface area contributed by atoms with Crippen molar-refractivity contribution in [1.82, 2.24) is 9.80 Å². The Labute approximate surface area is 194 Å². The van der Waals surface area contributed by atoms with E-state index >= 15 is 0 Å². The fraction of sp³-hybridized carbons (Fsp3) is 0.259. The lowest BCUT2D eigenvalue weighted by molar-refractivity contribution is -0.134. The van der Waals surface area contributed by atoms with Gasteiger partial charge in [0.1, 0.15) is 6.54 Å². The van der Waals surface area contributed by atoms with Crippen LogP contribution in [0.2, 0.25) is 0 Å². The summed E-state index contributed by atoms with van der Waals surface area (Å²) in [6, 6.07) is 28.6. The highest BCUT2D eigenvalue weighted by Gasteiger charge is 2.30. The first kappa shape index (κ1) is 21.2. The molecule has 1 amide bonds. The average molecular weight is 442 g/mol. The second-order valence-corrected chi connectivity index (χ2v) is 8.44. The molecule has 1 saturated heterocycles. The molecule has 168 valence electrons. The normalized spacial score (nSPS) is 16.5. The van der Waals surface area contributed by atoms with Crippen molar-refractivity contribution in [2.75, 3.05) is 44.2 Å². The summed E-state index contributed by atoms with van der Waals surface area (Å²) in [4.78, 5) is 31.3. The SMILES string of the molecule is O=C1CN(CC(=O)N2CCN(C(c3ccccc3)c3ccccc3)CC2)c2ccccc2O1. The van der Waals surface area contributed by atoms with Crippen LogP contribution in [0.15, 0.2) is 84.9 Å².